The molecule has 2 aromatic rings. The van der Waals surface area contributed by atoms with Crippen LogP contribution in [0.1, 0.15) is 24.1 Å². The molecule has 17 heavy (non-hydrogen) atoms. The third-order valence-corrected chi connectivity index (χ3v) is 2.33. The van der Waals surface area contributed by atoms with Crippen molar-refractivity contribution in [2.24, 2.45) is 0 Å². The second kappa shape index (κ2) is 4.91. The molecule has 1 aromatic heterocycles. The van der Waals surface area contributed by atoms with Crippen molar-refractivity contribution in [3.8, 4) is 0 Å². The minimum Gasteiger partial charge on any atom is -0.448 e. The molecule has 0 fully saturated rings. The van der Waals surface area contributed by atoms with Crippen LogP contribution < -0.4 is 0 Å². The van der Waals surface area contributed by atoms with Gasteiger partial charge in [-0.3, -0.25) is 4.79 Å². The molecule has 0 N–H and O–H groups in total. The Bertz CT molecular complexity index is 534. The molecule has 2 rings (SSSR count). The Morgan fingerprint density at radius 2 is 2.18 bits per heavy atom. The van der Waals surface area contributed by atoms with Crippen molar-refractivity contribution in [2.45, 2.75) is 19.8 Å². The number of carbonyl (C=O) groups is 1. The third kappa shape index (κ3) is 3.00. The summed E-state index contributed by atoms with van der Waals surface area (Å²) in [4.78, 5) is 15.0. The van der Waals surface area contributed by atoms with Crippen LogP contribution in [0, 0.1) is 5.82 Å². The molecule has 0 aliphatic carbocycles. The quantitative estimate of drug-likeness (QED) is 0.815. The van der Waals surface area contributed by atoms with Gasteiger partial charge in [0.05, 0.1) is 18.5 Å². The van der Waals surface area contributed by atoms with Gasteiger partial charge in [0, 0.05) is 0 Å². The number of carbonyl (C=O) groups excluding carboxylic acids is 1. The van der Waals surface area contributed by atoms with Gasteiger partial charge in [-0.25, -0.2) is 9.37 Å². The molecule has 0 atom stereocenters. The van der Waals surface area contributed by atoms with E-state index in [1.165, 1.54) is 19.3 Å². The van der Waals surface area contributed by atoms with Crippen molar-refractivity contribution in [3.63, 3.8) is 0 Å². The van der Waals surface area contributed by atoms with Crippen LogP contribution in [0.15, 0.2) is 34.9 Å². The Morgan fingerprint density at radius 1 is 1.41 bits per heavy atom. The zero-order valence-electron chi connectivity index (χ0n) is 9.44. The van der Waals surface area contributed by atoms with Crippen molar-refractivity contribution < 1.29 is 13.6 Å². The van der Waals surface area contributed by atoms with Gasteiger partial charge in [-0.1, -0.05) is 18.2 Å². The highest BCUT2D eigenvalue weighted by Crippen LogP contribution is 2.13. The van der Waals surface area contributed by atoms with Gasteiger partial charge in [0.15, 0.2) is 5.89 Å². The van der Waals surface area contributed by atoms with Gasteiger partial charge in [0.1, 0.15) is 17.9 Å². The summed E-state index contributed by atoms with van der Waals surface area (Å²) in [7, 11) is 0. The number of hydrogen-bond acceptors (Lipinski definition) is 3. The number of Topliss-reactive ketones (excluding diaryl/α,β-unsaturated/α-hetero) is 1. The third-order valence-electron chi connectivity index (χ3n) is 2.33. The van der Waals surface area contributed by atoms with E-state index in [0.717, 1.165) is 0 Å². The molecule has 0 spiro atoms. The van der Waals surface area contributed by atoms with Crippen LogP contribution in [0.5, 0.6) is 0 Å². The zero-order chi connectivity index (χ0) is 12.3. The molecule has 0 bridgehead atoms. The summed E-state index contributed by atoms with van der Waals surface area (Å²) in [6, 6.07) is 6.48. The molecule has 0 radical (unpaired) electrons. The van der Waals surface area contributed by atoms with Gasteiger partial charge in [-0.2, -0.15) is 0 Å². The second-order valence-corrected chi connectivity index (χ2v) is 3.88. The van der Waals surface area contributed by atoms with Crippen molar-refractivity contribution >= 4 is 5.78 Å². The zero-order valence-corrected chi connectivity index (χ0v) is 9.44. The van der Waals surface area contributed by atoms with E-state index in [0.29, 0.717) is 23.6 Å². The molecule has 1 aromatic carbocycles. The smallest absolute Gasteiger partial charge is 0.198 e. The average molecular weight is 233 g/mol. The summed E-state index contributed by atoms with van der Waals surface area (Å²) >= 11 is 0. The van der Waals surface area contributed by atoms with E-state index < -0.39 is 0 Å². The maximum absolute atomic E-state index is 13.4. The Morgan fingerprint density at radius 3 is 2.88 bits per heavy atom. The van der Waals surface area contributed by atoms with Gasteiger partial charge in [-0.05, 0) is 18.6 Å². The summed E-state index contributed by atoms with van der Waals surface area (Å²) in [5.41, 5.74) is 1.12. The van der Waals surface area contributed by atoms with Crippen molar-refractivity contribution in [1.82, 2.24) is 4.98 Å². The fourth-order valence-corrected chi connectivity index (χ4v) is 1.57. The van der Waals surface area contributed by atoms with Crippen LogP contribution in [-0.2, 0) is 17.6 Å². The molecule has 0 saturated carbocycles. The number of hydrogen-bond donors (Lipinski definition) is 0. The first kappa shape index (κ1) is 11.5. The largest absolute Gasteiger partial charge is 0.448 e. The van der Waals surface area contributed by atoms with Gasteiger partial charge in [0.25, 0.3) is 0 Å². The molecule has 0 aliphatic rings. The van der Waals surface area contributed by atoms with E-state index in [9.17, 15) is 9.18 Å². The van der Waals surface area contributed by atoms with Gasteiger partial charge in [-0.15, -0.1) is 0 Å². The molecular weight excluding hydrogens is 221 g/mol. The van der Waals surface area contributed by atoms with E-state index in [2.05, 4.69) is 4.98 Å². The monoisotopic (exact) mass is 233 g/mol. The van der Waals surface area contributed by atoms with E-state index in [4.69, 9.17) is 4.42 Å². The Hall–Kier alpha value is -1.97. The average Bonchev–Trinajstić information content (AvgIpc) is 2.68. The molecule has 3 nitrogen and oxygen atoms in total. The van der Waals surface area contributed by atoms with Crippen molar-refractivity contribution in [2.75, 3.05) is 0 Å². The number of nitrogens with zero attached hydrogens (tertiary/aromatic N) is 1. The summed E-state index contributed by atoms with van der Waals surface area (Å²) in [6.45, 7) is 1.49. The normalized spacial score (nSPS) is 10.5. The Kier molecular flexibility index (Phi) is 3.32. The van der Waals surface area contributed by atoms with Crippen molar-refractivity contribution in [3.05, 3.63) is 53.5 Å². The van der Waals surface area contributed by atoms with Crippen LogP contribution in [0.4, 0.5) is 4.39 Å². The Labute approximate surface area is 98.3 Å². The highest BCUT2D eigenvalue weighted by atomic mass is 19.1. The maximum Gasteiger partial charge on any atom is 0.198 e. The summed E-state index contributed by atoms with van der Waals surface area (Å²) < 4.78 is 18.6. The first-order valence-corrected chi connectivity index (χ1v) is 5.31. The lowest BCUT2D eigenvalue weighted by atomic mass is 10.1. The lowest BCUT2D eigenvalue weighted by Crippen LogP contribution is -1.97. The number of benzene rings is 1. The highest BCUT2D eigenvalue weighted by Gasteiger charge is 2.09. The predicted octanol–water partition coefficient (Wildman–Crippen LogP) is 2.54. The fraction of sp³-hybridized carbons (Fsp3) is 0.231. The second-order valence-electron chi connectivity index (χ2n) is 3.88. The molecule has 0 unspecified atom stereocenters. The van der Waals surface area contributed by atoms with E-state index in [-0.39, 0.29) is 18.0 Å². The number of aromatic nitrogens is 1. The van der Waals surface area contributed by atoms with E-state index in [1.807, 2.05) is 0 Å². The summed E-state index contributed by atoms with van der Waals surface area (Å²) in [5.74, 6) is 0.168. The van der Waals surface area contributed by atoms with Crippen LogP contribution in [0.3, 0.4) is 0 Å². The van der Waals surface area contributed by atoms with E-state index >= 15 is 0 Å². The maximum atomic E-state index is 13.4. The predicted molar refractivity (Wildman–Crippen MR) is 60.1 cm³/mol. The molecule has 4 heteroatoms. The molecule has 0 saturated heterocycles. The number of ketones is 1. The fourth-order valence-electron chi connectivity index (χ4n) is 1.57. The molecule has 88 valence electrons. The van der Waals surface area contributed by atoms with Crippen LogP contribution in [0.2, 0.25) is 0 Å². The number of oxazole rings is 1. The lowest BCUT2D eigenvalue weighted by molar-refractivity contribution is -0.116. The number of rotatable bonds is 4. The number of halogens is 1. The van der Waals surface area contributed by atoms with Crippen LogP contribution in [-0.4, -0.2) is 10.8 Å². The van der Waals surface area contributed by atoms with E-state index in [1.54, 1.807) is 18.2 Å². The first-order valence-electron chi connectivity index (χ1n) is 5.31. The van der Waals surface area contributed by atoms with Crippen molar-refractivity contribution in [1.29, 1.82) is 0 Å². The highest BCUT2D eigenvalue weighted by molar-refractivity contribution is 5.77. The van der Waals surface area contributed by atoms with Gasteiger partial charge >= 0.3 is 0 Å². The molecule has 1 heterocycles. The topological polar surface area (TPSA) is 43.1 Å². The standard InChI is InChI=1S/C13H12FNO2/c1-9(16)6-11-8-17-13(15-11)7-10-4-2-3-5-12(10)14/h2-5,8H,6-7H2,1H3. The van der Waals surface area contributed by atoms with Crippen LogP contribution in [0.25, 0.3) is 0 Å². The first-order chi connectivity index (χ1) is 8.15. The summed E-state index contributed by atoms with van der Waals surface area (Å²) in [5, 5.41) is 0. The molecule has 0 aliphatic heterocycles. The van der Waals surface area contributed by atoms with Gasteiger partial charge in [0.2, 0.25) is 0 Å². The SMILES string of the molecule is CC(=O)Cc1coc(Cc2ccccc2F)n1. The molecule has 0 amide bonds. The van der Waals surface area contributed by atoms with Gasteiger partial charge < -0.3 is 4.42 Å². The Balaban J connectivity index is 2.12. The van der Waals surface area contributed by atoms with Crippen LogP contribution >= 0.6 is 0 Å². The summed E-state index contributed by atoms with van der Waals surface area (Å²) in [6.07, 6.45) is 1.99. The minimum absolute atomic E-state index is 0.0238. The minimum atomic E-state index is -0.279. The molecular formula is C13H12FNO2. The lowest BCUT2D eigenvalue weighted by Gasteiger charge is -1.98.